The van der Waals surface area contributed by atoms with E-state index in [0.717, 1.165) is 29.3 Å². The Morgan fingerprint density at radius 3 is 2.47 bits per heavy atom. The zero-order valence-corrected chi connectivity index (χ0v) is 18.5. The maximum atomic E-state index is 12.5. The number of hydrogen-bond donors (Lipinski definition) is 1. The van der Waals surface area contributed by atoms with Crippen molar-refractivity contribution in [2.45, 2.75) is 38.6 Å². The van der Waals surface area contributed by atoms with Gasteiger partial charge < -0.3 is 15.0 Å². The van der Waals surface area contributed by atoms with Gasteiger partial charge in [-0.15, -0.1) is 0 Å². The Morgan fingerprint density at radius 1 is 1.10 bits per heavy atom. The average molecular weight is 473 g/mol. The van der Waals surface area contributed by atoms with Gasteiger partial charge in [-0.25, -0.2) is 0 Å². The average Bonchev–Trinajstić information content (AvgIpc) is 2.73. The van der Waals surface area contributed by atoms with Crippen LogP contribution in [0.1, 0.15) is 42.1 Å². The highest BCUT2D eigenvalue weighted by Gasteiger charge is 2.24. The monoisotopic (exact) mass is 472 g/mol. The fraction of sp³-hybridized carbons (Fsp3) is 0.348. The smallest absolute Gasteiger partial charge is 0.308 e. The largest absolute Gasteiger partial charge is 0.427 e. The standard InChI is InChI=1S/C23H25BrN2O4/c1-16(27)30-21-4-2-3-18(15-21)23(29)25-20-11-13-26(14-12-20)22(28)10-7-17-5-8-19(24)9-6-17/h2-6,8-9,15,20H,7,10-14H2,1H3,(H,25,29). The molecule has 2 aromatic carbocycles. The van der Waals surface area contributed by atoms with Crippen LogP contribution in [0.3, 0.4) is 0 Å². The van der Waals surface area contributed by atoms with Gasteiger partial charge in [0, 0.05) is 42.5 Å². The molecule has 0 aromatic heterocycles. The fourth-order valence-corrected chi connectivity index (χ4v) is 3.73. The molecule has 1 heterocycles. The van der Waals surface area contributed by atoms with Crippen molar-refractivity contribution < 1.29 is 19.1 Å². The number of halogens is 1. The van der Waals surface area contributed by atoms with Crippen LogP contribution >= 0.6 is 15.9 Å². The van der Waals surface area contributed by atoms with Crippen LogP contribution in [0.15, 0.2) is 53.0 Å². The van der Waals surface area contributed by atoms with E-state index in [1.807, 2.05) is 29.2 Å². The van der Waals surface area contributed by atoms with E-state index in [1.165, 1.54) is 6.92 Å². The molecule has 0 spiro atoms. The second kappa shape index (κ2) is 10.4. The third kappa shape index (κ3) is 6.42. The van der Waals surface area contributed by atoms with Gasteiger partial charge in [-0.3, -0.25) is 14.4 Å². The number of nitrogens with one attached hydrogen (secondary N) is 1. The molecule has 158 valence electrons. The molecule has 0 saturated carbocycles. The summed E-state index contributed by atoms with van der Waals surface area (Å²) in [6, 6.07) is 14.6. The van der Waals surface area contributed by atoms with Gasteiger partial charge in [0.2, 0.25) is 5.91 Å². The summed E-state index contributed by atoms with van der Waals surface area (Å²) in [5.74, 6) is -0.133. The third-order valence-electron chi connectivity index (χ3n) is 5.08. The molecule has 0 radical (unpaired) electrons. The van der Waals surface area contributed by atoms with Gasteiger partial charge in [0.25, 0.3) is 5.91 Å². The van der Waals surface area contributed by atoms with Gasteiger partial charge in [0.1, 0.15) is 5.75 Å². The minimum atomic E-state index is -0.426. The molecule has 1 aliphatic heterocycles. The first-order valence-electron chi connectivity index (χ1n) is 10.0. The molecule has 3 rings (SSSR count). The number of esters is 1. The van der Waals surface area contributed by atoms with Crippen LogP contribution in [-0.4, -0.2) is 41.8 Å². The molecule has 1 N–H and O–H groups in total. The summed E-state index contributed by atoms with van der Waals surface area (Å²) in [5.41, 5.74) is 1.59. The van der Waals surface area contributed by atoms with Crippen molar-refractivity contribution in [3.63, 3.8) is 0 Å². The van der Waals surface area contributed by atoms with Crippen molar-refractivity contribution in [1.29, 1.82) is 0 Å². The van der Waals surface area contributed by atoms with Crippen LogP contribution in [0.5, 0.6) is 5.75 Å². The number of piperidine rings is 1. The number of hydrogen-bond acceptors (Lipinski definition) is 4. The van der Waals surface area contributed by atoms with E-state index in [1.54, 1.807) is 24.3 Å². The number of carbonyl (C=O) groups excluding carboxylic acids is 3. The second-order valence-corrected chi connectivity index (χ2v) is 8.29. The fourth-order valence-electron chi connectivity index (χ4n) is 3.47. The van der Waals surface area contributed by atoms with E-state index in [-0.39, 0.29) is 17.9 Å². The minimum Gasteiger partial charge on any atom is -0.427 e. The molecule has 1 fully saturated rings. The normalized spacial score (nSPS) is 14.3. The zero-order chi connectivity index (χ0) is 21.5. The van der Waals surface area contributed by atoms with Crippen molar-refractivity contribution in [3.05, 3.63) is 64.1 Å². The van der Waals surface area contributed by atoms with Crippen molar-refractivity contribution in [2.75, 3.05) is 13.1 Å². The van der Waals surface area contributed by atoms with E-state index < -0.39 is 5.97 Å². The molecule has 7 heteroatoms. The highest BCUT2D eigenvalue weighted by atomic mass is 79.9. The summed E-state index contributed by atoms with van der Waals surface area (Å²) >= 11 is 3.41. The van der Waals surface area contributed by atoms with Gasteiger partial charge >= 0.3 is 5.97 Å². The number of likely N-dealkylation sites (tertiary alicyclic amines) is 1. The highest BCUT2D eigenvalue weighted by Crippen LogP contribution is 2.17. The van der Waals surface area contributed by atoms with Crippen LogP contribution in [0, 0.1) is 0 Å². The zero-order valence-electron chi connectivity index (χ0n) is 16.9. The topological polar surface area (TPSA) is 75.7 Å². The van der Waals surface area contributed by atoms with Crippen molar-refractivity contribution in [1.82, 2.24) is 10.2 Å². The first-order valence-corrected chi connectivity index (χ1v) is 10.8. The molecule has 0 bridgehead atoms. The van der Waals surface area contributed by atoms with E-state index >= 15 is 0 Å². The van der Waals surface area contributed by atoms with E-state index in [2.05, 4.69) is 21.2 Å². The number of rotatable bonds is 6. The molecule has 0 aliphatic carbocycles. The number of nitrogens with zero attached hydrogens (tertiary/aromatic N) is 1. The second-order valence-electron chi connectivity index (χ2n) is 7.38. The van der Waals surface area contributed by atoms with Crippen LogP contribution in [-0.2, 0) is 16.0 Å². The summed E-state index contributed by atoms with van der Waals surface area (Å²) in [6.07, 6.45) is 2.65. The van der Waals surface area contributed by atoms with E-state index in [9.17, 15) is 14.4 Å². The molecule has 1 saturated heterocycles. The summed E-state index contributed by atoms with van der Waals surface area (Å²) in [6.45, 7) is 2.59. The van der Waals surface area contributed by atoms with Gasteiger partial charge in [0.15, 0.2) is 0 Å². The number of ether oxygens (including phenoxy) is 1. The molecule has 0 unspecified atom stereocenters. The SMILES string of the molecule is CC(=O)Oc1cccc(C(=O)NC2CCN(C(=O)CCc3ccc(Br)cc3)CC2)c1. The van der Waals surface area contributed by atoms with Gasteiger partial charge in [0.05, 0.1) is 0 Å². The maximum absolute atomic E-state index is 12.5. The summed E-state index contributed by atoms with van der Waals surface area (Å²) in [7, 11) is 0. The molecular weight excluding hydrogens is 448 g/mol. The minimum absolute atomic E-state index is 0.0189. The summed E-state index contributed by atoms with van der Waals surface area (Å²) in [4.78, 5) is 38.0. The van der Waals surface area contributed by atoms with Gasteiger partial charge in [-0.1, -0.05) is 34.1 Å². The number of benzene rings is 2. The van der Waals surface area contributed by atoms with E-state index in [4.69, 9.17) is 4.74 Å². The number of aryl methyl sites for hydroxylation is 1. The van der Waals surface area contributed by atoms with Gasteiger partial charge in [-0.05, 0) is 55.2 Å². The third-order valence-corrected chi connectivity index (χ3v) is 5.61. The van der Waals surface area contributed by atoms with E-state index in [0.29, 0.717) is 30.8 Å². The Labute approximate surface area is 184 Å². The molecule has 2 amide bonds. The van der Waals surface area contributed by atoms with Gasteiger partial charge in [-0.2, -0.15) is 0 Å². The Kier molecular flexibility index (Phi) is 7.63. The summed E-state index contributed by atoms with van der Waals surface area (Å²) in [5, 5.41) is 3.02. The molecular formula is C23H25BrN2O4. The molecule has 0 atom stereocenters. The van der Waals surface area contributed by atoms with Crippen LogP contribution in [0.4, 0.5) is 0 Å². The van der Waals surface area contributed by atoms with Crippen molar-refractivity contribution in [3.8, 4) is 5.75 Å². The number of amides is 2. The lowest BCUT2D eigenvalue weighted by Gasteiger charge is -2.32. The highest BCUT2D eigenvalue weighted by molar-refractivity contribution is 9.10. The first-order chi connectivity index (χ1) is 14.4. The Morgan fingerprint density at radius 2 is 1.80 bits per heavy atom. The molecule has 1 aliphatic rings. The Bertz CT molecular complexity index is 906. The van der Waals surface area contributed by atoms with Crippen molar-refractivity contribution in [2.24, 2.45) is 0 Å². The predicted octanol–water partition coefficient (Wildman–Crippen LogP) is 3.73. The molecule has 6 nitrogen and oxygen atoms in total. The Balaban J connectivity index is 1.44. The number of carbonyl (C=O) groups is 3. The summed E-state index contributed by atoms with van der Waals surface area (Å²) < 4.78 is 6.06. The van der Waals surface area contributed by atoms with Crippen LogP contribution < -0.4 is 10.1 Å². The molecule has 30 heavy (non-hydrogen) atoms. The van der Waals surface area contributed by atoms with Crippen LogP contribution in [0.25, 0.3) is 0 Å². The molecule has 2 aromatic rings. The van der Waals surface area contributed by atoms with Crippen LogP contribution in [0.2, 0.25) is 0 Å². The quantitative estimate of drug-likeness (QED) is 0.513. The maximum Gasteiger partial charge on any atom is 0.308 e. The lowest BCUT2D eigenvalue weighted by Crippen LogP contribution is -2.46. The first kappa shape index (κ1) is 22.0. The van der Waals surface area contributed by atoms with Crippen molar-refractivity contribution >= 4 is 33.7 Å². The lowest BCUT2D eigenvalue weighted by atomic mass is 10.0. The predicted molar refractivity (Wildman–Crippen MR) is 117 cm³/mol. The lowest BCUT2D eigenvalue weighted by molar-refractivity contribution is -0.133. The Hall–Kier alpha value is -2.67.